The van der Waals surface area contributed by atoms with Crippen molar-refractivity contribution in [2.24, 2.45) is 0 Å². The van der Waals surface area contributed by atoms with Gasteiger partial charge < -0.3 is 10.1 Å². The van der Waals surface area contributed by atoms with Gasteiger partial charge in [-0.2, -0.15) is 0 Å². The lowest BCUT2D eigenvalue weighted by molar-refractivity contribution is -0.116. The number of anilines is 1. The third kappa shape index (κ3) is 3.34. The molecule has 0 aliphatic carbocycles. The van der Waals surface area contributed by atoms with Crippen LogP contribution in [-0.2, 0) is 11.3 Å². The molecule has 0 atom stereocenters. The van der Waals surface area contributed by atoms with Crippen LogP contribution < -0.4 is 15.6 Å². The third-order valence-electron chi connectivity index (χ3n) is 4.48. The fourth-order valence-electron chi connectivity index (χ4n) is 3.04. The molecule has 0 fully saturated rings. The minimum atomic E-state index is -0.214. The second kappa shape index (κ2) is 7.40. The van der Waals surface area contributed by atoms with Crippen molar-refractivity contribution in [3.63, 3.8) is 0 Å². The number of carbonyl (C=O) groups excluding carboxylic acids is 1. The van der Waals surface area contributed by atoms with Gasteiger partial charge in [0.25, 0.3) is 5.56 Å². The van der Waals surface area contributed by atoms with Crippen molar-refractivity contribution >= 4 is 43.5 Å². The standard InChI is InChI=1S/C20H18N4O3S/c1-12-5-3-6-13-17(12)21-11-24(19(13)26)10-9-16(25)22-20-23-18-14(27-2)7-4-8-15(18)28-20/h3-8,11H,9-10H2,1-2H3,(H,22,23,25). The van der Waals surface area contributed by atoms with Crippen LogP contribution in [0.3, 0.4) is 0 Å². The summed E-state index contributed by atoms with van der Waals surface area (Å²) in [5.74, 6) is 0.451. The molecule has 1 amide bonds. The molecular formula is C20H18N4O3S. The van der Waals surface area contributed by atoms with Crippen molar-refractivity contribution in [2.75, 3.05) is 12.4 Å². The summed E-state index contributed by atoms with van der Waals surface area (Å²) in [7, 11) is 1.59. The number of methoxy groups -OCH3 is 1. The van der Waals surface area contributed by atoms with E-state index in [0.29, 0.717) is 21.8 Å². The summed E-state index contributed by atoms with van der Waals surface area (Å²) in [4.78, 5) is 33.7. The Morgan fingerprint density at radius 2 is 2.04 bits per heavy atom. The molecule has 0 bridgehead atoms. The average Bonchev–Trinajstić information content (AvgIpc) is 3.10. The average molecular weight is 394 g/mol. The molecule has 142 valence electrons. The van der Waals surface area contributed by atoms with Gasteiger partial charge in [0.2, 0.25) is 5.91 Å². The number of para-hydroxylation sites is 2. The van der Waals surface area contributed by atoms with Gasteiger partial charge in [-0.05, 0) is 30.7 Å². The number of hydrogen-bond donors (Lipinski definition) is 1. The number of rotatable bonds is 5. The Kier molecular flexibility index (Phi) is 4.79. The first-order valence-electron chi connectivity index (χ1n) is 8.75. The number of thiazole rings is 1. The van der Waals surface area contributed by atoms with E-state index in [-0.39, 0.29) is 24.4 Å². The molecule has 2 aromatic carbocycles. The van der Waals surface area contributed by atoms with Crippen LogP contribution in [0.5, 0.6) is 5.75 Å². The molecule has 0 aliphatic heterocycles. The van der Waals surface area contributed by atoms with E-state index >= 15 is 0 Å². The highest BCUT2D eigenvalue weighted by molar-refractivity contribution is 7.22. The van der Waals surface area contributed by atoms with Crippen LogP contribution in [0.1, 0.15) is 12.0 Å². The van der Waals surface area contributed by atoms with E-state index in [1.54, 1.807) is 13.2 Å². The maximum atomic E-state index is 12.6. The van der Waals surface area contributed by atoms with Crippen LogP contribution in [0.15, 0.2) is 47.5 Å². The van der Waals surface area contributed by atoms with Crippen LogP contribution in [-0.4, -0.2) is 27.6 Å². The molecule has 4 rings (SSSR count). The first-order chi connectivity index (χ1) is 13.6. The summed E-state index contributed by atoms with van der Waals surface area (Å²) in [6, 6.07) is 11.1. The molecule has 7 nitrogen and oxygen atoms in total. The molecule has 0 spiro atoms. The van der Waals surface area contributed by atoms with Gasteiger partial charge in [-0.15, -0.1) is 0 Å². The zero-order valence-electron chi connectivity index (χ0n) is 15.4. The summed E-state index contributed by atoms with van der Waals surface area (Å²) in [6.07, 6.45) is 1.64. The maximum absolute atomic E-state index is 12.6. The zero-order valence-corrected chi connectivity index (χ0v) is 16.2. The molecule has 0 saturated heterocycles. The second-order valence-electron chi connectivity index (χ2n) is 6.34. The number of aromatic nitrogens is 3. The van der Waals surface area contributed by atoms with Crippen molar-refractivity contribution in [3.8, 4) is 5.75 Å². The molecule has 0 aliphatic rings. The molecular weight excluding hydrogens is 376 g/mol. The van der Waals surface area contributed by atoms with E-state index in [1.807, 2.05) is 37.3 Å². The Morgan fingerprint density at radius 3 is 2.86 bits per heavy atom. The number of carbonyl (C=O) groups is 1. The van der Waals surface area contributed by atoms with Gasteiger partial charge in [0.05, 0.1) is 29.0 Å². The molecule has 0 radical (unpaired) electrons. The third-order valence-corrected chi connectivity index (χ3v) is 5.42. The summed E-state index contributed by atoms with van der Waals surface area (Å²) in [5, 5.41) is 3.86. The number of benzene rings is 2. The number of amides is 1. The maximum Gasteiger partial charge on any atom is 0.261 e. The Morgan fingerprint density at radius 1 is 1.21 bits per heavy atom. The monoisotopic (exact) mass is 394 g/mol. The van der Waals surface area contributed by atoms with Crippen molar-refractivity contribution in [1.29, 1.82) is 0 Å². The number of nitrogens with one attached hydrogen (secondary N) is 1. The summed E-state index contributed by atoms with van der Waals surface area (Å²) >= 11 is 1.38. The Hall–Kier alpha value is -3.26. The smallest absolute Gasteiger partial charge is 0.261 e. The van der Waals surface area contributed by atoms with Crippen LogP contribution >= 0.6 is 11.3 Å². The van der Waals surface area contributed by atoms with Crippen molar-refractivity contribution < 1.29 is 9.53 Å². The molecule has 0 unspecified atom stereocenters. The predicted octanol–water partition coefficient (Wildman–Crippen LogP) is 3.35. The Balaban J connectivity index is 1.49. The van der Waals surface area contributed by atoms with Crippen molar-refractivity contribution in [1.82, 2.24) is 14.5 Å². The van der Waals surface area contributed by atoms with Gasteiger partial charge in [0.15, 0.2) is 5.13 Å². The molecule has 0 saturated carbocycles. The van der Waals surface area contributed by atoms with Gasteiger partial charge in [0, 0.05) is 13.0 Å². The highest BCUT2D eigenvalue weighted by Gasteiger charge is 2.12. The SMILES string of the molecule is COc1cccc2sc(NC(=O)CCn3cnc4c(C)cccc4c3=O)nc12. The van der Waals surface area contributed by atoms with Gasteiger partial charge in [-0.3, -0.25) is 14.2 Å². The summed E-state index contributed by atoms with van der Waals surface area (Å²) in [5.41, 5.74) is 2.21. The number of aryl methyl sites for hydroxylation is 2. The highest BCUT2D eigenvalue weighted by atomic mass is 32.1. The lowest BCUT2D eigenvalue weighted by Gasteiger charge is -2.07. The fraction of sp³-hybridized carbons (Fsp3) is 0.200. The van der Waals surface area contributed by atoms with E-state index in [1.165, 1.54) is 22.2 Å². The molecule has 2 heterocycles. The molecule has 4 aromatic rings. The van der Waals surface area contributed by atoms with E-state index in [0.717, 1.165) is 15.8 Å². The van der Waals surface area contributed by atoms with Crippen LogP contribution in [0.25, 0.3) is 21.1 Å². The lowest BCUT2D eigenvalue weighted by atomic mass is 10.1. The predicted molar refractivity (Wildman–Crippen MR) is 110 cm³/mol. The van der Waals surface area contributed by atoms with E-state index < -0.39 is 0 Å². The summed E-state index contributed by atoms with van der Waals surface area (Å²) < 4.78 is 7.69. The minimum absolute atomic E-state index is 0.145. The minimum Gasteiger partial charge on any atom is -0.494 e. The van der Waals surface area contributed by atoms with Gasteiger partial charge in [-0.25, -0.2) is 9.97 Å². The molecule has 1 N–H and O–H groups in total. The highest BCUT2D eigenvalue weighted by Crippen LogP contribution is 2.32. The van der Waals surface area contributed by atoms with Crippen molar-refractivity contribution in [3.05, 3.63) is 58.6 Å². The Bertz CT molecular complexity index is 1250. The largest absolute Gasteiger partial charge is 0.494 e. The van der Waals surface area contributed by atoms with Crippen molar-refractivity contribution in [2.45, 2.75) is 19.9 Å². The van der Waals surface area contributed by atoms with Gasteiger partial charge in [-0.1, -0.05) is 29.5 Å². The number of ether oxygens (including phenoxy) is 1. The summed E-state index contributed by atoms with van der Waals surface area (Å²) in [6.45, 7) is 2.16. The molecule has 28 heavy (non-hydrogen) atoms. The number of fused-ring (bicyclic) bond motifs is 2. The van der Waals surface area contributed by atoms with Gasteiger partial charge >= 0.3 is 0 Å². The van der Waals surface area contributed by atoms with E-state index in [2.05, 4.69) is 15.3 Å². The van der Waals surface area contributed by atoms with E-state index in [4.69, 9.17) is 4.74 Å². The zero-order chi connectivity index (χ0) is 19.7. The topological polar surface area (TPSA) is 86.1 Å². The normalized spacial score (nSPS) is 11.1. The van der Waals surface area contributed by atoms with Crippen LogP contribution in [0.4, 0.5) is 5.13 Å². The second-order valence-corrected chi connectivity index (χ2v) is 7.37. The van der Waals surface area contributed by atoms with E-state index in [9.17, 15) is 9.59 Å². The van der Waals surface area contributed by atoms with Crippen LogP contribution in [0, 0.1) is 6.92 Å². The lowest BCUT2D eigenvalue weighted by Crippen LogP contribution is -2.23. The fourth-order valence-corrected chi connectivity index (χ4v) is 3.94. The Labute approximate surface area is 164 Å². The van der Waals surface area contributed by atoms with Crippen LogP contribution in [0.2, 0.25) is 0 Å². The van der Waals surface area contributed by atoms with Gasteiger partial charge in [0.1, 0.15) is 11.3 Å². The quantitative estimate of drug-likeness (QED) is 0.561. The first kappa shape index (κ1) is 18.1. The first-order valence-corrected chi connectivity index (χ1v) is 9.56. The number of nitrogens with zero attached hydrogens (tertiary/aromatic N) is 3. The molecule has 8 heteroatoms. The molecule has 2 aromatic heterocycles. The number of hydrogen-bond acceptors (Lipinski definition) is 6.